The summed E-state index contributed by atoms with van der Waals surface area (Å²) in [4.78, 5) is 25.9. The number of hydrogen-bond acceptors (Lipinski definition) is 7. The van der Waals surface area contributed by atoms with Crippen LogP contribution in [-0.4, -0.2) is 37.4 Å². The van der Waals surface area contributed by atoms with Gasteiger partial charge in [-0.2, -0.15) is 0 Å². The van der Waals surface area contributed by atoms with Crippen molar-refractivity contribution in [3.63, 3.8) is 0 Å². The third-order valence-corrected chi connectivity index (χ3v) is 8.76. The van der Waals surface area contributed by atoms with Gasteiger partial charge in [-0.05, 0) is 83.6 Å². The van der Waals surface area contributed by atoms with Crippen molar-refractivity contribution in [1.82, 2.24) is 0 Å². The van der Waals surface area contributed by atoms with Gasteiger partial charge in [-0.3, -0.25) is 0 Å². The molecule has 0 radical (unpaired) electrons. The average molecular weight is 657 g/mol. The van der Waals surface area contributed by atoms with Crippen LogP contribution >= 0.6 is 0 Å². The number of epoxide rings is 1. The van der Waals surface area contributed by atoms with Crippen molar-refractivity contribution in [2.24, 2.45) is 0 Å². The molecule has 1 aliphatic carbocycles. The van der Waals surface area contributed by atoms with E-state index >= 15 is 4.39 Å². The Balaban J connectivity index is 1.14. The summed E-state index contributed by atoms with van der Waals surface area (Å²) in [6.07, 6.45) is 3.33. The molecule has 2 aliphatic rings. The van der Waals surface area contributed by atoms with E-state index in [-0.39, 0.29) is 34.8 Å². The van der Waals surface area contributed by atoms with Crippen molar-refractivity contribution in [3.8, 4) is 34.1 Å². The van der Waals surface area contributed by atoms with E-state index in [1.807, 2.05) is 39.8 Å². The van der Waals surface area contributed by atoms with Gasteiger partial charge in [0.15, 0.2) is 0 Å². The van der Waals surface area contributed by atoms with Crippen LogP contribution in [0.5, 0.6) is 23.0 Å². The standard InChI is InChI=1S/C39H38F2O7/c1-5-7-17-44-23-9-15-29(33(40)20-23)37(42)47-24-10-13-27-28-14-11-25(19-32(28)39(3,4)31(27)18-24)48-38(43)30-16-12-26(21-34(30)41)46-35(8-6-2)36-22-45-36/h9-16,18-21,35-36H,5-8,17,22H2,1-4H3. The highest BCUT2D eigenvalue weighted by Gasteiger charge is 2.37. The molecular formula is C39H38F2O7. The van der Waals surface area contributed by atoms with E-state index in [1.165, 1.54) is 24.3 Å². The van der Waals surface area contributed by atoms with Crippen LogP contribution in [0.1, 0.15) is 85.2 Å². The molecule has 1 saturated heterocycles. The SMILES string of the molecule is CCCCOc1ccc(C(=O)Oc2ccc3c(c2)C(C)(C)c2cc(OC(=O)c4ccc(OC(CCC)C5CO5)cc4F)ccc2-3)c(F)c1. The van der Waals surface area contributed by atoms with Gasteiger partial charge >= 0.3 is 11.9 Å². The molecule has 0 aromatic heterocycles. The molecule has 1 fully saturated rings. The van der Waals surface area contributed by atoms with Gasteiger partial charge in [0.25, 0.3) is 0 Å². The molecule has 7 nitrogen and oxygen atoms in total. The zero-order valence-electron chi connectivity index (χ0n) is 27.4. The van der Waals surface area contributed by atoms with Crippen LogP contribution in [0.4, 0.5) is 8.78 Å². The van der Waals surface area contributed by atoms with Gasteiger partial charge < -0.3 is 23.7 Å². The fourth-order valence-corrected chi connectivity index (χ4v) is 6.02. The molecule has 9 heteroatoms. The monoisotopic (exact) mass is 656 g/mol. The summed E-state index contributed by atoms with van der Waals surface area (Å²) >= 11 is 0. The Hall–Kier alpha value is -4.76. The molecule has 2 atom stereocenters. The molecular weight excluding hydrogens is 618 g/mol. The number of unbranched alkanes of at least 4 members (excludes halogenated alkanes) is 1. The molecule has 0 N–H and O–H groups in total. The van der Waals surface area contributed by atoms with E-state index in [2.05, 4.69) is 0 Å². The van der Waals surface area contributed by atoms with Crippen LogP contribution < -0.4 is 18.9 Å². The Bertz CT molecular complexity index is 1850. The highest BCUT2D eigenvalue weighted by atomic mass is 19.1. The van der Waals surface area contributed by atoms with Crippen LogP contribution in [0.25, 0.3) is 11.1 Å². The van der Waals surface area contributed by atoms with Crippen molar-refractivity contribution in [2.75, 3.05) is 13.2 Å². The van der Waals surface area contributed by atoms with Crippen molar-refractivity contribution in [2.45, 2.75) is 71.0 Å². The summed E-state index contributed by atoms with van der Waals surface area (Å²) in [5, 5.41) is 0. The van der Waals surface area contributed by atoms with E-state index in [0.717, 1.165) is 47.9 Å². The first kappa shape index (κ1) is 33.2. The number of fused-ring (bicyclic) bond motifs is 3. The maximum atomic E-state index is 15.0. The number of esters is 2. The van der Waals surface area contributed by atoms with E-state index in [4.69, 9.17) is 23.7 Å². The normalized spacial score (nSPS) is 16.0. The van der Waals surface area contributed by atoms with Gasteiger partial charge in [0.05, 0.1) is 24.3 Å². The number of ether oxygens (including phenoxy) is 5. The van der Waals surface area contributed by atoms with Crippen LogP contribution in [0.2, 0.25) is 0 Å². The highest BCUT2D eigenvalue weighted by molar-refractivity contribution is 5.93. The first-order valence-electron chi connectivity index (χ1n) is 16.3. The molecule has 1 aliphatic heterocycles. The lowest BCUT2D eigenvalue weighted by Crippen LogP contribution is -2.23. The van der Waals surface area contributed by atoms with Crippen molar-refractivity contribution < 1.29 is 42.1 Å². The Morgan fingerprint density at radius 1 is 0.771 bits per heavy atom. The number of carbonyl (C=O) groups excluding carboxylic acids is 2. The van der Waals surface area contributed by atoms with Gasteiger partial charge in [0.1, 0.15) is 46.8 Å². The fraction of sp³-hybridized carbons (Fsp3) is 0.333. The maximum Gasteiger partial charge on any atom is 0.346 e. The van der Waals surface area contributed by atoms with Crippen molar-refractivity contribution >= 4 is 11.9 Å². The van der Waals surface area contributed by atoms with Gasteiger partial charge in [0, 0.05) is 17.5 Å². The number of benzene rings is 4. The molecule has 0 bridgehead atoms. The summed E-state index contributed by atoms with van der Waals surface area (Å²) in [6.45, 7) is 9.18. The Kier molecular flexibility index (Phi) is 9.51. The quantitative estimate of drug-likeness (QED) is 0.0615. The lowest BCUT2D eigenvalue weighted by molar-refractivity contribution is 0.0719. The Morgan fingerprint density at radius 2 is 1.29 bits per heavy atom. The third kappa shape index (κ3) is 6.92. The molecule has 2 unspecified atom stereocenters. The summed E-state index contributed by atoms with van der Waals surface area (Å²) in [6, 6.07) is 18.7. The minimum absolute atomic E-state index is 0.0118. The molecule has 0 spiro atoms. The molecule has 4 aromatic carbocycles. The zero-order valence-corrected chi connectivity index (χ0v) is 27.4. The zero-order chi connectivity index (χ0) is 34.0. The second kappa shape index (κ2) is 13.8. The van der Waals surface area contributed by atoms with Crippen molar-refractivity contribution in [3.05, 3.63) is 107 Å². The van der Waals surface area contributed by atoms with Crippen molar-refractivity contribution in [1.29, 1.82) is 0 Å². The molecule has 0 saturated carbocycles. The van der Waals surface area contributed by atoms with Gasteiger partial charge in [-0.1, -0.05) is 52.7 Å². The van der Waals surface area contributed by atoms with Gasteiger partial charge in [-0.25, -0.2) is 18.4 Å². The average Bonchev–Trinajstić information content (AvgIpc) is 3.88. The first-order chi connectivity index (χ1) is 23.1. The largest absolute Gasteiger partial charge is 0.493 e. The summed E-state index contributed by atoms with van der Waals surface area (Å²) in [5.74, 6) is -1.90. The summed E-state index contributed by atoms with van der Waals surface area (Å²) < 4.78 is 57.8. The predicted octanol–water partition coefficient (Wildman–Crippen LogP) is 8.83. The van der Waals surface area contributed by atoms with Gasteiger partial charge in [-0.15, -0.1) is 0 Å². The fourth-order valence-electron chi connectivity index (χ4n) is 6.02. The molecule has 0 amide bonds. The second-order valence-corrected chi connectivity index (χ2v) is 12.6. The molecule has 4 aromatic rings. The Morgan fingerprint density at radius 3 is 1.79 bits per heavy atom. The first-order valence-corrected chi connectivity index (χ1v) is 16.3. The van der Waals surface area contributed by atoms with Crippen LogP contribution in [0.3, 0.4) is 0 Å². The number of rotatable bonds is 13. The number of halogens is 2. The lowest BCUT2D eigenvalue weighted by atomic mass is 9.82. The predicted molar refractivity (Wildman–Crippen MR) is 176 cm³/mol. The van der Waals surface area contributed by atoms with Crippen LogP contribution in [0.15, 0.2) is 72.8 Å². The highest BCUT2D eigenvalue weighted by Crippen LogP contribution is 2.50. The van der Waals surface area contributed by atoms with E-state index in [9.17, 15) is 14.0 Å². The molecule has 1 heterocycles. The van der Waals surface area contributed by atoms with Crippen LogP contribution in [-0.2, 0) is 10.2 Å². The molecule has 48 heavy (non-hydrogen) atoms. The molecule has 6 rings (SSSR count). The van der Waals surface area contributed by atoms with E-state index < -0.39 is 29.0 Å². The lowest BCUT2D eigenvalue weighted by Gasteiger charge is -2.22. The van der Waals surface area contributed by atoms with E-state index in [1.54, 1.807) is 36.4 Å². The topological polar surface area (TPSA) is 83.6 Å². The second-order valence-electron chi connectivity index (χ2n) is 12.6. The Labute approximate surface area is 278 Å². The van der Waals surface area contributed by atoms with Crippen LogP contribution in [0, 0.1) is 11.6 Å². The molecule has 250 valence electrons. The summed E-state index contributed by atoms with van der Waals surface area (Å²) in [5.41, 5.74) is 2.64. The smallest absolute Gasteiger partial charge is 0.346 e. The van der Waals surface area contributed by atoms with E-state index in [0.29, 0.717) is 24.7 Å². The number of carbonyl (C=O) groups is 2. The minimum Gasteiger partial charge on any atom is -0.493 e. The third-order valence-electron chi connectivity index (χ3n) is 8.76. The summed E-state index contributed by atoms with van der Waals surface area (Å²) in [7, 11) is 0. The van der Waals surface area contributed by atoms with Gasteiger partial charge in [0.2, 0.25) is 0 Å². The minimum atomic E-state index is -0.829. The maximum absolute atomic E-state index is 15.0. The number of hydrogen-bond donors (Lipinski definition) is 0.